The van der Waals surface area contributed by atoms with Gasteiger partial charge >= 0.3 is 39.5 Å². The van der Waals surface area contributed by atoms with Crippen LogP contribution in [-0.2, 0) is 65.4 Å². The molecular formula is C58H112O17P2. The number of esters is 4. The third-order valence-electron chi connectivity index (χ3n) is 13.6. The highest BCUT2D eigenvalue weighted by atomic mass is 31.2. The fourth-order valence-corrected chi connectivity index (χ4v) is 10.0. The summed E-state index contributed by atoms with van der Waals surface area (Å²) in [5.74, 6) is -0.677. The van der Waals surface area contributed by atoms with Gasteiger partial charge in [-0.1, -0.05) is 228 Å². The summed E-state index contributed by atoms with van der Waals surface area (Å²) < 4.78 is 67.6. The zero-order valence-corrected chi connectivity index (χ0v) is 51.0. The quantitative estimate of drug-likeness (QED) is 0.0222. The Hall–Kier alpha value is -1.94. The lowest BCUT2D eigenvalue weighted by atomic mass is 9.99. The summed E-state index contributed by atoms with van der Waals surface area (Å²) in [5.41, 5.74) is 0. The Morgan fingerprint density at radius 2 is 0.662 bits per heavy atom. The van der Waals surface area contributed by atoms with E-state index >= 15 is 0 Å². The highest BCUT2D eigenvalue weighted by molar-refractivity contribution is 7.47. The van der Waals surface area contributed by atoms with Crippen LogP contribution in [0.2, 0.25) is 0 Å². The first kappa shape index (κ1) is 75.1. The van der Waals surface area contributed by atoms with E-state index in [0.29, 0.717) is 31.6 Å². The Kier molecular flexibility index (Phi) is 49.7. The van der Waals surface area contributed by atoms with Crippen molar-refractivity contribution in [2.75, 3.05) is 39.6 Å². The second kappa shape index (κ2) is 51.0. The summed E-state index contributed by atoms with van der Waals surface area (Å²) in [7, 11) is -9.87. The molecule has 3 unspecified atom stereocenters. The molecule has 77 heavy (non-hydrogen) atoms. The van der Waals surface area contributed by atoms with Crippen LogP contribution >= 0.6 is 15.6 Å². The molecule has 0 aliphatic rings. The average Bonchev–Trinajstić information content (AvgIpc) is 3.39. The van der Waals surface area contributed by atoms with Crippen LogP contribution in [-0.4, -0.2) is 96.7 Å². The van der Waals surface area contributed by atoms with E-state index in [1.165, 1.54) is 70.6 Å². The molecule has 17 nitrogen and oxygen atoms in total. The number of hydrogen-bond donors (Lipinski definition) is 3. The molecule has 0 aromatic rings. The van der Waals surface area contributed by atoms with E-state index in [9.17, 15) is 43.2 Å². The van der Waals surface area contributed by atoms with Crippen LogP contribution in [0.25, 0.3) is 0 Å². The van der Waals surface area contributed by atoms with Gasteiger partial charge in [-0.25, -0.2) is 9.13 Å². The smallest absolute Gasteiger partial charge is 0.462 e. The predicted molar refractivity (Wildman–Crippen MR) is 303 cm³/mol. The van der Waals surface area contributed by atoms with Crippen LogP contribution in [0.5, 0.6) is 0 Å². The normalized spacial score (nSPS) is 14.8. The summed E-state index contributed by atoms with van der Waals surface area (Å²) in [4.78, 5) is 71.7. The summed E-state index contributed by atoms with van der Waals surface area (Å²) in [6.07, 6.45) is 30.9. The third-order valence-corrected chi connectivity index (χ3v) is 15.5. The Morgan fingerprint density at radius 1 is 0.377 bits per heavy atom. The fourth-order valence-electron chi connectivity index (χ4n) is 8.44. The molecule has 0 bridgehead atoms. The van der Waals surface area contributed by atoms with E-state index in [1.54, 1.807) is 0 Å². The summed E-state index contributed by atoms with van der Waals surface area (Å²) in [5, 5.41) is 10.5. The van der Waals surface area contributed by atoms with Crippen LogP contribution < -0.4 is 0 Å². The van der Waals surface area contributed by atoms with Gasteiger partial charge in [-0.15, -0.1) is 0 Å². The molecule has 0 aliphatic carbocycles. The van der Waals surface area contributed by atoms with E-state index in [2.05, 4.69) is 41.5 Å². The number of aliphatic hydroxyl groups excluding tert-OH is 1. The van der Waals surface area contributed by atoms with Crippen molar-refractivity contribution < 1.29 is 80.2 Å². The minimum atomic E-state index is -4.94. The molecule has 0 aromatic carbocycles. The van der Waals surface area contributed by atoms with E-state index < -0.39 is 97.5 Å². The maximum atomic E-state index is 12.9. The van der Waals surface area contributed by atoms with Crippen LogP contribution in [0.1, 0.15) is 279 Å². The molecule has 6 atom stereocenters. The number of unbranched alkanes of at least 4 members (excludes halogenated alkanes) is 26. The van der Waals surface area contributed by atoms with Crippen molar-refractivity contribution in [2.45, 2.75) is 297 Å². The third kappa shape index (κ3) is 51.9. The Balaban J connectivity index is 5.22. The summed E-state index contributed by atoms with van der Waals surface area (Å²) in [6, 6.07) is 0. The predicted octanol–water partition coefficient (Wildman–Crippen LogP) is 15.3. The molecule has 0 saturated carbocycles. The number of aliphatic hydroxyl groups is 1. The van der Waals surface area contributed by atoms with Crippen LogP contribution in [0.4, 0.5) is 0 Å². The molecule has 3 N–H and O–H groups in total. The lowest BCUT2D eigenvalue weighted by Crippen LogP contribution is -2.30. The Morgan fingerprint density at radius 3 is 0.987 bits per heavy atom. The van der Waals surface area contributed by atoms with Crippen molar-refractivity contribution in [1.29, 1.82) is 0 Å². The summed E-state index contributed by atoms with van der Waals surface area (Å²) >= 11 is 0. The first-order valence-corrected chi connectivity index (χ1v) is 33.5. The maximum Gasteiger partial charge on any atom is 0.472 e. The molecule has 0 rings (SSSR count). The minimum absolute atomic E-state index is 0.104. The number of rotatable bonds is 57. The lowest BCUT2D eigenvalue weighted by molar-refractivity contribution is -0.161. The molecule has 0 saturated heterocycles. The molecular weight excluding hydrogens is 1030 g/mol. The first-order chi connectivity index (χ1) is 36.9. The number of carbonyl (C=O) groups is 4. The molecule has 0 amide bonds. The molecule has 0 radical (unpaired) electrons. The molecule has 0 heterocycles. The van der Waals surface area contributed by atoms with Gasteiger partial charge in [0, 0.05) is 25.7 Å². The van der Waals surface area contributed by atoms with Crippen molar-refractivity contribution in [3.05, 3.63) is 0 Å². The molecule has 0 fully saturated rings. The van der Waals surface area contributed by atoms with E-state index in [-0.39, 0.29) is 25.7 Å². The number of phosphoric acid groups is 2. The van der Waals surface area contributed by atoms with Crippen molar-refractivity contribution >= 4 is 39.5 Å². The van der Waals surface area contributed by atoms with Gasteiger partial charge in [0.15, 0.2) is 12.2 Å². The van der Waals surface area contributed by atoms with Gasteiger partial charge in [0.1, 0.15) is 19.3 Å². The molecule has 0 aliphatic heterocycles. The zero-order valence-electron chi connectivity index (χ0n) is 49.2. The van der Waals surface area contributed by atoms with Crippen molar-refractivity contribution in [3.8, 4) is 0 Å². The lowest BCUT2D eigenvalue weighted by Gasteiger charge is -2.21. The number of phosphoric ester groups is 2. The molecule has 0 aromatic heterocycles. The monoisotopic (exact) mass is 1140 g/mol. The second-order valence-electron chi connectivity index (χ2n) is 21.7. The van der Waals surface area contributed by atoms with E-state index in [0.717, 1.165) is 121 Å². The largest absolute Gasteiger partial charge is 0.472 e. The standard InChI is InChI=1S/C58H112O17P2/c1-7-10-12-14-16-23-30-36-42-57(62)74-53(46-68-55(60)40-34-28-20-15-13-11-8-2)48-72-76(64,65)70-44-52(59)45-71-77(66,67)73-49-54(47-69-56(61)41-35-29-25-19-21-26-32-38-50(4)5)75-58(63)43-37-31-24-18-17-22-27-33-39-51(6)9-3/h50-54,59H,7-49H2,1-6H3,(H,64,65)(H,66,67)/t51?,52-,53+,54+/m0/s1. The van der Waals surface area contributed by atoms with Crippen LogP contribution in [0, 0.1) is 11.8 Å². The SMILES string of the molecule is CCCCCCCCCCC(=O)O[C@H](COC(=O)CCCCCCCCC)COP(=O)(O)OC[C@H](O)COP(=O)(O)OC[C@@H](COC(=O)CCCCCCCCCC(C)C)OC(=O)CCCCCCCCCCC(C)CC. The van der Waals surface area contributed by atoms with Gasteiger partial charge in [0.25, 0.3) is 0 Å². The number of ether oxygens (including phenoxy) is 4. The Bertz CT molecular complexity index is 1530. The number of carbonyl (C=O) groups excluding carboxylic acids is 4. The van der Waals surface area contributed by atoms with Crippen LogP contribution in [0.15, 0.2) is 0 Å². The van der Waals surface area contributed by atoms with Crippen molar-refractivity contribution in [2.24, 2.45) is 11.8 Å². The van der Waals surface area contributed by atoms with Gasteiger partial charge in [-0.05, 0) is 37.5 Å². The van der Waals surface area contributed by atoms with Crippen molar-refractivity contribution in [1.82, 2.24) is 0 Å². The van der Waals surface area contributed by atoms with E-state index in [1.807, 2.05) is 0 Å². The maximum absolute atomic E-state index is 12.9. The first-order valence-electron chi connectivity index (χ1n) is 30.5. The Labute approximate surface area is 467 Å². The van der Waals surface area contributed by atoms with E-state index in [4.69, 9.17) is 37.0 Å². The molecule has 0 spiro atoms. The van der Waals surface area contributed by atoms with Gasteiger partial charge in [-0.2, -0.15) is 0 Å². The number of hydrogen-bond acceptors (Lipinski definition) is 15. The average molecular weight is 1140 g/mol. The van der Waals surface area contributed by atoms with Crippen molar-refractivity contribution in [3.63, 3.8) is 0 Å². The van der Waals surface area contributed by atoms with Gasteiger partial charge in [0.05, 0.1) is 26.4 Å². The fraction of sp³-hybridized carbons (Fsp3) is 0.931. The second-order valence-corrected chi connectivity index (χ2v) is 24.7. The highest BCUT2D eigenvalue weighted by Crippen LogP contribution is 2.45. The van der Waals surface area contributed by atoms with Crippen LogP contribution in [0.3, 0.4) is 0 Å². The van der Waals surface area contributed by atoms with Gasteiger partial charge in [-0.3, -0.25) is 37.3 Å². The highest BCUT2D eigenvalue weighted by Gasteiger charge is 2.30. The summed E-state index contributed by atoms with van der Waals surface area (Å²) in [6.45, 7) is 9.31. The minimum Gasteiger partial charge on any atom is -0.462 e. The molecule has 19 heteroatoms. The van der Waals surface area contributed by atoms with Gasteiger partial charge < -0.3 is 33.8 Å². The zero-order chi connectivity index (χ0) is 57.3. The molecule has 456 valence electrons. The topological polar surface area (TPSA) is 237 Å². The van der Waals surface area contributed by atoms with Gasteiger partial charge in [0.2, 0.25) is 0 Å².